The second-order valence-corrected chi connectivity index (χ2v) is 4.55. The summed E-state index contributed by atoms with van der Waals surface area (Å²) in [7, 11) is 0. The summed E-state index contributed by atoms with van der Waals surface area (Å²) < 4.78 is 2.28. The molecule has 0 amide bonds. The van der Waals surface area contributed by atoms with Crippen LogP contribution in [0.3, 0.4) is 0 Å². The molecule has 0 aliphatic rings. The van der Waals surface area contributed by atoms with Gasteiger partial charge in [-0.05, 0) is 39.0 Å². The quantitative estimate of drug-likeness (QED) is 0.785. The van der Waals surface area contributed by atoms with Crippen molar-refractivity contribution >= 4 is 24.3 Å². The van der Waals surface area contributed by atoms with Gasteiger partial charge in [-0.25, -0.2) is 0 Å². The standard InChI is InChI=1S/C19H21N.CH4/c1-5-12-19-17(7-3)16(6-2)18(8-4)20(19)15-13-10-9-11-14-15;/h5-14H,3H2,1-2,4H3;1H4/b12-5-,16-6-,18-8+;. The van der Waals surface area contributed by atoms with Crippen molar-refractivity contribution in [1.82, 2.24) is 4.57 Å². The van der Waals surface area contributed by atoms with Crippen LogP contribution < -0.4 is 10.6 Å². The van der Waals surface area contributed by atoms with Crippen molar-refractivity contribution in [3.8, 4) is 5.69 Å². The van der Waals surface area contributed by atoms with Crippen molar-refractivity contribution in [3.63, 3.8) is 0 Å². The van der Waals surface area contributed by atoms with Crippen molar-refractivity contribution < 1.29 is 0 Å². The van der Waals surface area contributed by atoms with E-state index in [0.29, 0.717) is 0 Å². The largest absolute Gasteiger partial charge is 0.310 e. The first kappa shape index (κ1) is 16.8. The molecule has 0 N–H and O–H groups in total. The molecule has 0 atom stereocenters. The SMILES string of the molecule is C.C=Cc1c(/C=C\C)n(-c2ccccc2)c(=C/C)/c1=C\C. The maximum atomic E-state index is 3.98. The van der Waals surface area contributed by atoms with Gasteiger partial charge in [-0.15, -0.1) is 0 Å². The molecular weight excluding hydrogens is 254 g/mol. The van der Waals surface area contributed by atoms with E-state index < -0.39 is 0 Å². The van der Waals surface area contributed by atoms with Gasteiger partial charge in [0, 0.05) is 21.8 Å². The first-order chi connectivity index (χ1) is 9.78. The van der Waals surface area contributed by atoms with E-state index in [1.807, 2.05) is 19.1 Å². The van der Waals surface area contributed by atoms with Crippen molar-refractivity contribution in [2.75, 3.05) is 0 Å². The Labute approximate surface area is 128 Å². The van der Waals surface area contributed by atoms with Gasteiger partial charge in [0.15, 0.2) is 0 Å². The van der Waals surface area contributed by atoms with Gasteiger partial charge >= 0.3 is 0 Å². The van der Waals surface area contributed by atoms with Crippen LogP contribution in [-0.2, 0) is 0 Å². The summed E-state index contributed by atoms with van der Waals surface area (Å²) in [5, 5.41) is 2.45. The highest BCUT2D eigenvalue weighted by Crippen LogP contribution is 2.14. The van der Waals surface area contributed by atoms with Crippen LogP contribution in [0.2, 0.25) is 0 Å². The van der Waals surface area contributed by atoms with E-state index >= 15 is 0 Å². The van der Waals surface area contributed by atoms with Gasteiger partial charge < -0.3 is 4.57 Å². The van der Waals surface area contributed by atoms with Crippen molar-refractivity contribution in [1.29, 1.82) is 0 Å². The van der Waals surface area contributed by atoms with Crippen LogP contribution in [0.15, 0.2) is 43.0 Å². The van der Waals surface area contributed by atoms with E-state index in [1.165, 1.54) is 27.5 Å². The molecule has 0 saturated carbocycles. The van der Waals surface area contributed by atoms with E-state index in [1.54, 1.807) is 0 Å². The third-order valence-electron chi connectivity index (χ3n) is 3.43. The Kier molecular flexibility index (Phi) is 5.98. The minimum atomic E-state index is 0. The maximum Gasteiger partial charge on any atom is 0.0537 e. The molecule has 0 radical (unpaired) electrons. The molecule has 2 aromatic rings. The summed E-state index contributed by atoms with van der Waals surface area (Å²) in [5.74, 6) is 0. The fourth-order valence-electron chi connectivity index (χ4n) is 2.63. The highest BCUT2D eigenvalue weighted by molar-refractivity contribution is 5.67. The zero-order valence-corrected chi connectivity index (χ0v) is 12.4. The van der Waals surface area contributed by atoms with E-state index in [9.17, 15) is 0 Å². The number of benzene rings is 1. The minimum Gasteiger partial charge on any atom is -0.310 e. The van der Waals surface area contributed by atoms with Crippen LogP contribution in [0, 0.1) is 0 Å². The summed E-state index contributed by atoms with van der Waals surface area (Å²) in [6, 6.07) is 10.4. The Morgan fingerprint density at radius 2 is 1.67 bits per heavy atom. The zero-order chi connectivity index (χ0) is 14.5. The van der Waals surface area contributed by atoms with Gasteiger partial charge in [-0.1, -0.05) is 56.5 Å². The summed E-state index contributed by atoms with van der Waals surface area (Å²) >= 11 is 0. The Bertz CT molecular complexity index is 743. The van der Waals surface area contributed by atoms with E-state index in [4.69, 9.17) is 0 Å². The molecule has 0 bridgehead atoms. The number of nitrogens with zero attached hydrogens (tertiary/aromatic N) is 1. The minimum absolute atomic E-state index is 0. The molecule has 1 nitrogen and oxygen atoms in total. The lowest BCUT2D eigenvalue weighted by Crippen LogP contribution is -2.28. The molecule has 0 spiro atoms. The summed E-state index contributed by atoms with van der Waals surface area (Å²) in [6.07, 6.45) is 10.5. The predicted molar refractivity (Wildman–Crippen MR) is 96.8 cm³/mol. The Balaban J connectivity index is 0.00000220. The van der Waals surface area contributed by atoms with Crippen LogP contribution in [0.25, 0.3) is 30.0 Å². The van der Waals surface area contributed by atoms with Crippen LogP contribution in [0.5, 0.6) is 0 Å². The van der Waals surface area contributed by atoms with Crippen LogP contribution in [0.4, 0.5) is 0 Å². The molecule has 1 heteroatoms. The average Bonchev–Trinajstić information content (AvgIpc) is 2.81. The normalized spacial score (nSPS) is 12.7. The molecule has 21 heavy (non-hydrogen) atoms. The Hall–Kier alpha value is -2.28. The van der Waals surface area contributed by atoms with E-state index in [0.717, 1.165) is 0 Å². The fourth-order valence-corrected chi connectivity index (χ4v) is 2.63. The number of aromatic nitrogens is 1. The van der Waals surface area contributed by atoms with Gasteiger partial charge in [0.1, 0.15) is 0 Å². The Morgan fingerprint density at radius 3 is 2.14 bits per heavy atom. The number of hydrogen-bond donors (Lipinski definition) is 0. The molecule has 110 valence electrons. The molecule has 0 unspecified atom stereocenters. The lowest BCUT2D eigenvalue weighted by Gasteiger charge is -2.08. The van der Waals surface area contributed by atoms with Gasteiger partial charge in [0.25, 0.3) is 0 Å². The topological polar surface area (TPSA) is 4.93 Å². The first-order valence-electron chi connectivity index (χ1n) is 6.96. The summed E-state index contributed by atoms with van der Waals surface area (Å²) in [4.78, 5) is 0. The van der Waals surface area contributed by atoms with Gasteiger partial charge in [-0.2, -0.15) is 0 Å². The molecule has 1 aromatic heterocycles. The first-order valence-corrected chi connectivity index (χ1v) is 6.96. The summed E-state index contributed by atoms with van der Waals surface area (Å²) in [6.45, 7) is 10.2. The Morgan fingerprint density at radius 1 is 1.00 bits per heavy atom. The predicted octanol–water partition coefficient (Wildman–Crippen LogP) is 4.39. The number of hydrogen-bond acceptors (Lipinski definition) is 0. The van der Waals surface area contributed by atoms with Crippen molar-refractivity contribution in [2.24, 2.45) is 0 Å². The molecule has 0 fully saturated rings. The molecule has 0 saturated heterocycles. The fraction of sp³-hybridized carbons (Fsp3) is 0.200. The number of allylic oxidation sites excluding steroid dienone is 1. The lowest BCUT2D eigenvalue weighted by molar-refractivity contribution is 1.01. The zero-order valence-electron chi connectivity index (χ0n) is 12.4. The highest BCUT2D eigenvalue weighted by Gasteiger charge is 2.10. The van der Waals surface area contributed by atoms with Crippen LogP contribution in [-0.4, -0.2) is 4.57 Å². The average molecular weight is 279 g/mol. The molecule has 1 aromatic carbocycles. The third kappa shape index (κ3) is 2.92. The number of para-hydroxylation sites is 1. The second-order valence-electron chi connectivity index (χ2n) is 4.55. The van der Waals surface area contributed by atoms with Crippen LogP contribution >= 0.6 is 0 Å². The van der Waals surface area contributed by atoms with Crippen molar-refractivity contribution in [2.45, 2.75) is 28.2 Å². The van der Waals surface area contributed by atoms with Crippen LogP contribution in [0.1, 0.15) is 39.5 Å². The second kappa shape index (κ2) is 7.49. The lowest BCUT2D eigenvalue weighted by atomic mass is 10.2. The van der Waals surface area contributed by atoms with E-state index in [2.05, 4.69) is 73.6 Å². The van der Waals surface area contributed by atoms with Gasteiger partial charge in [-0.3, -0.25) is 0 Å². The third-order valence-corrected chi connectivity index (χ3v) is 3.43. The molecule has 0 aliphatic carbocycles. The molecule has 1 heterocycles. The number of rotatable bonds is 3. The van der Waals surface area contributed by atoms with E-state index in [-0.39, 0.29) is 7.43 Å². The highest BCUT2D eigenvalue weighted by atomic mass is 15.0. The summed E-state index contributed by atoms with van der Waals surface area (Å²) in [5.41, 5.74) is 3.53. The van der Waals surface area contributed by atoms with Gasteiger partial charge in [0.2, 0.25) is 0 Å². The molecule has 2 rings (SSSR count). The molecular formula is C20H25N. The monoisotopic (exact) mass is 279 g/mol. The molecule has 0 aliphatic heterocycles. The van der Waals surface area contributed by atoms with Gasteiger partial charge in [0.05, 0.1) is 5.69 Å². The maximum absolute atomic E-state index is 3.98. The smallest absolute Gasteiger partial charge is 0.0537 e. The van der Waals surface area contributed by atoms with Crippen molar-refractivity contribution in [3.05, 3.63) is 64.8 Å².